The highest BCUT2D eigenvalue weighted by atomic mass is 15.2. The first-order chi connectivity index (χ1) is 9.20. The summed E-state index contributed by atoms with van der Waals surface area (Å²) in [7, 11) is 0. The molecule has 100 valence electrons. The van der Waals surface area contributed by atoms with Crippen LogP contribution in [0.3, 0.4) is 0 Å². The molecule has 19 heavy (non-hydrogen) atoms. The van der Waals surface area contributed by atoms with Gasteiger partial charge in [-0.3, -0.25) is 0 Å². The van der Waals surface area contributed by atoms with E-state index in [1.54, 1.807) is 0 Å². The Kier molecular flexibility index (Phi) is 3.18. The van der Waals surface area contributed by atoms with Crippen LogP contribution in [0.2, 0.25) is 0 Å². The molecule has 0 aromatic carbocycles. The minimum Gasteiger partial charge on any atom is -0.352 e. The summed E-state index contributed by atoms with van der Waals surface area (Å²) in [5.74, 6) is 1.56. The molecule has 1 saturated heterocycles. The second-order valence-corrected chi connectivity index (χ2v) is 6.08. The molecule has 1 aromatic rings. The third-order valence-electron chi connectivity index (χ3n) is 4.49. The van der Waals surface area contributed by atoms with Crippen LogP contribution in [-0.4, -0.2) is 17.6 Å². The highest BCUT2D eigenvalue weighted by molar-refractivity contribution is 5.58. The van der Waals surface area contributed by atoms with Crippen LogP contribution in [0.25, 0.3) is 0 Å². The summed E-state index contributed by atoms with van der Waals surface area (Å²) in [5, 5.41) is 9.42. The van der Waals surface area contributed by atoms with E-state index >= 15 is 0 Å². The summed E-state index contributed by atoms with van der Waals surface area (Å²) in [4.78, 5) is 7.22. The van der Waals surface area contributed by atoms with Crippen molar-refractivity contribution in [1.82, 2.24) is 4.98 Å². The molecule has 0 N–H and O–H groups in total. The predicted octanol–water partition coefficient (Wildman–Crippen LogP) is 3.07. The molecule has 0 bridgehead atoms. The summed E-state index contributed by atoms with van der Waals surface area (Å²) in [6.07, 6.45) is 5.79. The number of aromatic nitrogens is 1. The molecule has 1 fully saturated rings. The molecule has 1 aromatic heterocycles. The maximum atomic E-state index is 9.42. The fourth-order valence-corrected chi connectivity index (χ4v) is 3.51. The van der Waals surface area contributed by atoms with Crippen LogP contribution in [0.4, 0.5) is 5.82 Å². The zero-order valence-electron chi connectivity index (χ0n) is 11.8. The Bertz CT molecular complexity index is 528. The van der Waals surface area contributed by atoms with Crippen LogP contribution in [0.5, 0.6) is 0 Å². The number of nitrogens with zero attached hydrogens (tertiary/aromatic N) is 3. The molecule has 3 nitrogen and oxygen atoms in total. The molecular formula is C16H21N3. The largest absolute Gasteiger partial charge is 0.352 e. The molecule has 3 heteroatoms. The van der Waals surface area contributed by atoms with Gasteiger partial charge in [0.1, 0.15) is 11.9 Å². The van der Waals surface area contributed by atoms with Gasteiger partial charge < -0.3 is 4.90 Å². The lowest BCUT2D eigenvalue weighted by atomic mass is 10.0. The van der Waals surface area contributed by atoms with Gasteiger partial charge in [-0.15, -0.1) is 0 Å². The second kappa shape index (κ2) is 4.85. The Morgan fingerprint density at radius 2 is 2.21 bits per heavy atom. The van der Waals surface area contributed by atoms with Crippen molar-refractivity contribution < 1.29 is 0 Å². The minimum absolute atomic E-state index is 0.541. The first kappa shape index (κ1) is 12.5. The third-order valence-corrected chi connectivity index (χ3v) is 4.49. The summed E-state index contributed by atoms with van der Waals surface area (Å²) in [5.41, 5.74) is 3.29. The van der Waals surface area contributed by atoms with Crippen LogP contribution >= 0.6 is 0 Å². The van der Waals surface area contributed by atoms with Crippen molar-refractivity contribution in [2.24, 2.45) is 5.92 Å². The van der Waals surface area contributed by atoms with Crippen molar-refractivity contribution in [2.75, 3.05) is 11.4 Å². The van der Waals surface area contributed by atoms with Crippen molar-refractivity contribution >= 4 is 5.82 Å². The number of aryl methyl sites for hydroxylation is 2. The van der Waals surface area contributed by atoms with Gasteiger partial charge in [0, 0.05) is 18.3 Å². The van der Waals surface area contributed by atoms with Crippen LogP contribution in [-0.2, 0) is 12.8 Å². The highest BCUT2D eigenvalue weighted by Crippen LogP contribution is 2.33. The highest BCUT2D eigenvalue weighted by Gasteiger charge is 2.30. The molecule has 1 unspecified atom stereocenters. The molecule has 0 saturated carbocycles. The standard InChI is InChI=1S/C16H21N3/c1-11(2)15-7-4-8-19(15)16-13(10-17)9-12-5-3-6-14(12)18-16/h9,11,15H,3-8H2,1-2H3. The molecule has 0 radical (unpaired) electrons. The van der Waals surface area contributed by atoms with Gasteiger partial charge in [-0.25, -0.2) is 4.98 Å². The summed E-state index contributed by atoms with van der Waals surface area (Å²) in [6.45, 7) is 5.58. The summed E-state index contributed by atoms with van der Waals surface area (Å²) >= 11 is 0. The molecule has 2 heterocycles. The number of hydrogen-bond acceptors (Lipinski definition) is 3. The lowest BCUT2D eigenvalue weighted by Gasteiger charge is -2.29. The maximum Gasteiger partial charge on any atom is 0.147 e. The van der Waals surface area contributed by atoms with Gasteiger partial charge in [0.2, 0.25) is 0 Å². The Morgan fingerprint density at radius 3 is 2.95 bits per heavy atom. The van der Waals surface area contributed by atoms with E-state index in [4.69, 9.17) is 4.98 Å². The lowest BCUT2D eigenvalue weighted by molar-refractivity contribution is 0.489. The van der Waals surface area contributed by atoms with E-state index in [9.17, 15) is 5.26 Å². The fourth-order valence-electron chi connectivity index (χ4n) is 3.51. The Balaban J connectivity index is 2.02. The van der Waals surface area contributed by atoms with Crippen molar-refractivity contribution in [2.45, 2.75) is 52.0 Å². The summed E-state index contributed by atoms with van der Waals surface area (Å²) < 4.78 is 0. The number of fused-ring (bicyclic) bond motifs is 1. The monoisotopic (exact) mass is 255 g/mol. The van der Waals surface area contributed by atoms with Crippen molar-refractivity contribution in [3.8, 4) is 6.07 Å². The SMILES string of the molecule is CC(C)C1CCCN1c1nc2c(cc1C#N)CCC2. The van der Waals surface area contributed by atoms with E-state index in [1.807, 2.05) is 0 Å². The Labute approximate surface area is 115 Å². The average Bonchev–Trinajstić information content (AvgIpc) is 3.05. The molecule has 1 atom stereocenters. The van der Waals surface area contributed by atoms with E-state index in [0.29, 0.717) is 12.0 Å². The number of hydrogen-bond donors (Lipinski definition) is 0. The minimum atomic E-state index is 0.541. The molecule has 0 amide bonds. The quantitative estimate of drug-likeness (QED) is 0.815. The third kappa shape index (κ3) is 2.10. The van der Waals surface area contributed by atoms with E-state index in [1.165, 1.54) is 30.5 Å². The van der Waals surface area contributed by atoms with E-state index < -0.39 is 0 Å². The Hall–Kier alpha value is -1.56. The molecule has 0 spiro atoms. The van der Waals surface area contributed by atoms with E-state index in [-0.39, 0.29) is 0 Å². The normalized spacial score (nSPS) is 21.8. The van der Waals surface area contributed by atoms with E-state index in [2.05, 4.69) is 30.9 Å². The average molecular weight is 255 g/mol. The fraction of sp³-hybridized carbons (Fsp3) is 0.625. The van der Waals surface area contributed by atoms with Gasteiger partial charge in [-0.2, -0.15) is 5.26 Å². The van der Waals surface area contributed by atoms with E-state index in [0.717, 1.165) is 30.8 Å². The molecule has 2 aliphatic rings. The molecular weight excluding hydrogens is 234 g/mol. The van der Waals surface area contributed by atoms with Crippen LogP contribution in [0.1, 0.15) is 49.9 Å². The number of anilines is 1. The van der Waals surface area contributed by atoms with Crippen molar-refractivity contribution in [3.05, 3.63) is 22.9 Å². The zero-order valence-corrected chi connectivity index (χ0v) is 11.8. The molecule has 3 rings (SSSR count). The van der Waals surface area contributed by atoms with Crippen LogP contribution in [0, 0.1) is 17.2 Å². The van der Waals surface area contributed by atoms with Gasteiger partial charge in [0.15, 0.2) is 0 Å². The molecule has 1 aliphatic heterocycles. The van der Waals surface area contributed by atoms with Gasteiger partial charge >= 0.3 is 0 Å². The van der Waals surface area contributed by atoms with Crippen molar-refractivity contribution in [3.63, 3.8) is 0 Å². The molecule has 1 aliphatic carbocycles. The van der Waals surface area contributed by atoms with Gasteiger partial charge in [0.05, 0.1) is 5.56 Å². The smallest absolute Gasteiger partial charge is 0.147 e. The zero-order chi connectivity index (χ0) is 13.4. The van der Waals surface area contributed by atoms with Crippen LogP contribution < -0.4 is 4.90 Å². The van der Waals surface area contributed by atoms with Crippen molar-refractivity contribution in [1.29, 1.82) is 5.26 Å². The first-order valence-corrected chi connectivity index (χ1v) is 7.40. The van der Waals surface area contributed by atoms with Gasteiger partial charge in [-0.05, 0) is 49.7 Å². The Morgan fingerprint density at radius 1 is 1.37 bits per heavy atom. The number of nitriles is 1. The topological polar surface area (TPSA) is 39.9 Å². The first-order valence-electron chi connectivity index (χ1n) is 7.40. The maximum absolute atomic E-state index is 9.42. The lowest BCUT2D eigenvalue weighted by Crippen LogP contribution is -2.34. The van der Waals surface area contributed by atoms with Gasteiger partial charge in [-0.1, -0.05) is 13.8 Å². The number of pyridine rings is 1. The number of rotatable bonds is 2. The van der Waals surface area contributed by atoms with Crippen LogP contribution in [0.15, 0.2) is 6.07 Å². The second-order valence-electron chi connectivity index (χ2n) is 6.08. The van der Waals surface area contributed by atoms with Gasteiger partial charge in [0.25, 0.3) is 0 Å². The predicted molar refractivity (Wildman–Crippen MR) is 76.2 cm³/mol. The summed E-state index contributed by atoms with van der Waals surface area (Å²) in [6, 6.07) is 4.98.